The first-order valence-corrected chi connectivity index (χ1v) is 10.9. The molecule has 0 unspecified atom stereocenters. The van der Waals surface area contributed by atoms with Crippen molar-refractivity contribution in [3.63, 3.8) is 0 Å². The number of nitrogens with one attached hydrogen (secondary N) is 1. The summed E-state index contributed by atoms with van der Waals surface area (Å²) in [5.74, 6) is 1.01. The summed E-state index contributed by atoms with van der Waals surface area (Å²) in [6.45, 7) is 2.10. The number of benzene rings is 2. The van der Waals surface area contributed by atoms with E-state index >= 15 is 0 Å². The van der Waals surface area contributed by atoms with Gasteiger partial charge in [-0.05, 0) is 43.2 Å². The van der Waals surface area contributed by atoms with E-state index < -0.39 is 10.0 Å². The summed E-state index contributed by atoms with van der Waals surface area (Å²) in [7, 11) is -3.51. The zero-order chi connectivity index (χ0) is 20.3. The molecular formula is C19H21ClN2O5S. The van der Waals surface area contributed by atoms with Crippen molar-refractivity contribution in [2.24, 2.45) is 0 Å². The number of hydrogen-bond donors (Lipinski definition) is 1. The zero-order valence-corrected chi connectivity index (χ0v) is 17.1. The van der Waals surface area contributed by atoms with E-state index in [1.165, 1.54) is 4.31 Å². The van der Waals surface area contributed by atoms with Crippen molar-refractivity contribution >= 4 is 38.9 Å². The van der Waals surface area contributed by atoms with Crippen molar-refractivity contribution < 1.29 is 22.7 Å². The summed E-state index contributed by atoms with van der Waals surface area (Å²) in [5, 5.41) is 3.27. The molecular weight excluding hydrogens is 404 g/mol. The van der Waals surface area contributed by atoms with E-state index in [1.807, 2.05) is 0 Å². The van der Waals surface area contributed by atoms with E-state index in [1.54, 1.807) is 43.3 Å². The number of amides is 1. The summed E-state index contributed by atoms with van der Waals surface area (Å²) in [6.07, 6.45) is 1.66. The second kappa shape index (κ2) is 8.28. The second-order valence-electron chi connectivity index (χ2n) is 6.44. The van der Waals surface area contributed by atoms with Crippen LogP contribution in [0.5, 0.6) is 11.5 Å². The van der Waals surface area contributed by atoms with Crippen LogP contribution in [0.4, 0.5) is 11.4 Å². The Morgan fingerprint density at radius 1 is 1.21 bits per heavy atom. The van der Waals surface area contributed by atoms with Gasteiger partial charge in [-0.1, -0.05) is 17.7 Å². The zero-order valence-electron chi connectivity index (χ0n) is 15.6. The van der Waals surface area contributed by atoms with E-state index in [4.69, 9.17) is 21.1 Å². The molecule has 0 spiro atoms. The number of rotatable bonds is 7. The Bertz CT molecular complexity index is 994. The molecule has 28 heavy (non-hydrogen) atoms. The summed E-state index contributed by atoms with van der Waals surface area (Å²) >= 11 is 6.12. The summed E-state index contributed by atoms with van der Waals surface area (Å²) in [6, 6.07) is 10.3. The molecule has 1 N–H and O–H groups in total. The van der Waals surface area contributed by atoms with Crippen molar-refractivity contribution in [1.82, 2.24) is 0 Å². The smallest absolute Gasteiger partial charge is 0.232 e. The molecule has 1 amide bonds. The molecule has 3 rings (SSSR count). The van der Waals surface area contributed by atoms with Gasteiger partial charge in [0.1, 0.15) is 0 Å². The number of fused-ring (bicyclic) bond motifs is 1. The summed E-state index contributed by atoms with van der Waals surface area (Å²) in [5.41, 5.74) is 1.80. The highest BCUT2D eigenvalue weighted by atomic mass is 35.5. The fourth-order valence-electron chi connectivity index (χ4n) is 2.91. The molecule has 150 valence electrons. The molecule has 2 aromatic carbocycles. The Labute approximate surface area is 169 Å². The van der Waals surface area contributed by atoms with Crippen LogP contribution in [0.2, 0.25) is 5.02 Å². The first-order valence-electron chi connectivity index (χ1n) is 8.68. The normalized spacial score (nSPS) is 12.7. The lowest BCUT2D eigenvalue weighted by Crippen LogP contribution is -2.32. The molecule has 0 saturated carbocycles. The first-order chi connectivity index (χ1) is 13.3. The molecule has 2 aromatic rings. The van der Waals surface area contributed by atoms with E-state index in [0.717, 1.165) is 6.26 Å². The molecule has 0 atom stereocenters. The SMILES string of the molecule is Cc1c(Cl)cccc1N(CCCC(=O)Nc1ccc2c(c1)OCO2)S(C)(=O)=O. The van der Waals surface area contributed by atoms with Gasteiger partial charge in [0, 0.05) is 29.7 Å². The fraction of sp³-hybridized carbons (Fsp3) is 0.316. The van der Waals surface area contributed by atoms with Gasteiger partial charge in [0.15, 0.2) is 11.5 Å². The topological polar surface area (TPSA) is 84.9 Å². The van der Waals surface area contributed by atoms with Crippen molar-refractivity contribution in [3.05, 3.63) is 47.0 Å². The fourth-order valence-corrected chi connectivity index (χ4v) is 4.10. The number of carbonyl (C=O) groups excluding carboxylic acids is 1. The average Bonchev–Trinajstić information content (AvgIpc) is 3.08. The number of sulfonamides is 1. The van der Waals surface area contributed by atoms with Gasteiger partial charge in [-0.15, -0.1) is 0 Å². The highest BCUT2D eigenvalue weighted by molar-refractivity contribution is 7.92. The lowest BCUT2D eigenvalue weighted by molar-refractivity contribution is -0.116. The van der Waals surface area contributed by atoms with E-state index in [9.17, 15) is 13.2 Å². The number of hydrogen-bond acceptors (Lipinski definition) is 5. The van der Waals surface area contributed by atoms with Gasteiger partial charge < -0.3 is 14.8 Å². The molecule has 0 bridgehead atoms. The Hall–Kier alpha value is -2.45. The molecule has 9 heteroatoms. The average molecular weight is 425 g/mol. The van der Waals surface area contributed by atoms with Gasteiger partial charge in [0.05, 0.1) is 11.9 Å². The molecule has 1 aliphatic rings. The van der Waals surface area contributed by atoms with E-state index in [-0.39, 0.29) is 25.7 Å². The predicted molar refractivity (Wildman–Crippen MR) is 109 cm³/mol. The minimum Gasteiger partial charge on any atom is -0.454 e. The highest BCUT2D eigenvalue weighted by Gasteiger charge is 2.20. The van der Waals surface area contributed by atoms with Crippen molar-refractivity contribution in [2.75, 3.05) is 29.2 Å². The Kier molecular flexibility index (Phi) is 6.00. The Morgan fingerprint density at radius 3 is 2.71 bits per heavy atom. The van der Waals surface area contributed by atoms with Crippen LogP contribution >= 0.6 is 11.6 Å². The van der Waals surface area contributed by atoms with Crippen LogP contribution in [0.15, 0.2) is 36.4 Å². The first kappa shape index (κ1) is 20.3. The minimum atomic E-state index is -3.51. The van der Waals surface area contributed by atoms with Crippen LogP contribution in [0.3, 0.4) is 0 Å². The quantitative estimate of drug-likeness (QED) is 0.734. The molecule has 1 heterocycles. The van der Waals surface area contributed by atoms with Crippen molar-refractivity contribution in [2.45, 2.75) is 19.8 Å². The number of ether oxygens (including phenoxy) is 2. The number of halogens is 1. The van der Waals surface area contributed by atoms with Crippen LogP contribution in [0.25, 0.3) is 0 Å². The number of nitrogens with zero attached hydrogens (tertiary/aromatic N) is 1. The molecule has 0 fully saturated rings. The lowest BCUT2D eigenvalue weighted by atomic mass is 10.2. The molecule has 0 saturated heterocycles. The maximum atomic E-state index is 12.2. The van der Waals surface area contributed by atoms with Gasteiger partial charge in [-0.2, -0.15) is 0 Å². The van der Waals surface area contributed by atoms with Gasteiger partial charge in [-0.25, -0.2) is 8.42 Å². The number of anilines is 2. The Morgan fingerprint density at radius 2 is 1.96 bits per heavy atom. The van der Waals surface area contributed by atoms with E-state index in [0.29, 0.717) is 39.9 Å². The monoisotopic (exact) mass is 424 g/mol. The highest BCUT2D eigenvalue weighted by Crippen LogP contribution is 2.34. The molecule has 0 radical (unpaired) electrons. The minimum absolute atomic E-state index is 0.164. The third-order valence-corrected chi connectivity index (χ3v) is 5.92. The van der Waals surface area contributed by atoms with Crippen LogP contribution in [0.1, 0.15) is 18.4 Å². The molecule has 0 aromatic heterocycles. The van der Waals surface area contributed by atoms with Gasteiger partial charge in [0.25, 0.3) is 0 Å². The second-order valence-corrected chi connectivity index (χ2v) is 8.75. The molecule has 7 nitrogen and oxygen atoms in total. The maximum absolute atomic E-state index is 12.2. The van der Waals surface area contributed by atoms with Gasteiger partial charge in [-0.3, -0.25) is 9.10 Å². The van der Waals surface area contributed by atoms with Crippen molar-refractivity contribution in [3.8, 4) is 11.5 Å². The van der Waals surface area contributed by atoms with E-state index in [2.05, 4.69) is 5.32 Å². The molecule has 0 aliphatic carbocycles. The van der Waals surface area contributed by atoms with Crippen LogP contribution < -0.4 is 19.1 Å². The predicted octanol–water partition coefficient (Wildman–Crippen LogP) is 3.56. The van der Waals surface area contributed by atoms with Gasteiger partial charge in [0.2, 0.25) is 22.7 Å². The maximum Gasteiger partial charge on any atom is 0.232 e. The van der Waals surface area contributed by atoms with Crippen LogP contribution in [-0.2, 0) is 14.8 Å². The van der Waals surface area contributed by atoms with Crippen LogP contribution in [0, 0.1) is 6.92 Å². The third kappa shape index (κ3) is 4.69. The summed E-state index contributed by atoms with van der Waals surface area (Å²) in [4.78, 5) is 12.2. The summed E-state index contributed by atoms with van der Waals surface area (Å²) < 4.78 is 36.3. The third-order valence-electron chi connectivity index (χ3n) is 4.33. The lowest BCUT2D eigenvalue weighted by Gasteiger charge is -2.24. The Balaban J connectivity index is 1.61. The standard InChI is InChI=1S/C19H21ClN2O5S/c1-13-15(20)5-3-6-16(13)22(28(2,24)25)10-4-7-19(23)21-14-8-9-17-18(11-14)27-12-26-17/h3,5-6,8-9,11H,4,7,10,12H2,1-2H3,(H,21,23). The largest absolute Gasteiger partial charge is 0.454 e. The van der Waals surface area contributed by atoms with Crippen LogP contribution in [-0.4, -0.2) is 33.9 Å². The number of carbonyl (C=O) groups is 1. The van der Waals surface area contributed by atoms with Crippen molar-refractivity contribution in [1.29, 1.82) is 0 Å². The van der Waals surface area contributed by atoms with Gasteiger partial charge >= 0.3 is 0 Å². The molecule has 1 aliphatic heterocycles.